The van der Waals surface area contributed by atoms with Crippen molar-refractivity contribution in [3.63, 3.8) is 0 Å². The number of anilines is 1. The average molecular weight is 435 g/mol. The minimum atomic E-state index is -1.24. The fourth-order valence-corrected chi connectivity index (χ4v) is 3.50. The zero-order chi connectivity index (χ0) is 23.4. The van der Waals surface area contributed by atoms with Gasteiger partial charge in [-0.2, -0.15) is 0 Å². The lowest BCUT2D eigenvalue weighted by molar-refractivity contribution is -0.384. The highest BCUT2D eigenvalue weighted by Gasteiger charge is 2.31. The standard InChI is InChI=1S/C24H22FN3O4/c1-15-8-6-9-16(2)21(15)26-23(29)22(17-10-7-11-18(14-17)28(31)32)27(3)24(30)19-12-4-5-13-20(19)25/h4-14,22H,1-3H3,(H,26,29)/t22-/m0/s1. The highest BCUT2D eigenvalue weighted by Crippen LogP contribution is 2.28. The van der Waals surface area contributed by atoms with E-state index in [1.54, 1.807) is 0 Å². The zero-order valence-corrected chi connectivity index (χ0v) is 17.8. The van der Waals surface area contributed by atoms with E-state index in [0.717, 1.165) is 22.1 Å². The first kappa shape index (κ1) is 22.6. The van der Waals surface area contributed by atoms with Crippen molar-refractivity contribution >= 4 is 23.2 Å². The van der Waals surface area contributed by atoms with Gasteiger partial charge in [-0.25, -0.2) is 4.39 Å². The Morgan fingerprint density at radius 3 is 2.25 bits per heavy atom. The van der Waals surface area contributed by atoms with Crippen molar-refractivity contribution in [2.24, 2.45) is 0 Å². The predicted molar refractivity (Wildman–Crippen MR) is 119 cm³/mol. The third kappa shape index (κ3) is 4.64. The minimum absolute atomic E-state index is 0.203. The number of amides is 2. The van der Waals surface area contributed by atoms with E-state index < -0.39 is 28.6 Å². The van der Waals surface area contributed by atoms with Gasteiger partial charge < -0.3 is 10.2 Å². The van der Waals surface area contributed by atoms with Gasteiger partial charge >= 0.3 is 0 Å². The number of aryl methyl sites for hydroxylation is 2. The van der Waals surface area contributed by atoms with E-state index >= 15 is 0 Å². The largest absolute Gasteiger partial charge is 0.325 e. The molecule has 7 nitrogen and oxygen atoms in total. The fourth-order valence-electron chi connectivity index (χ4n) is 3.50. The molecule has 0 aliphatic heterocycles. The summed E-state index contributed by atoms with van der Waals surface area (Å²) in [6.07, 6.45) is 0. The number of hydrogen-bond acceptors (Lipinski definition) is 4. The Bertz CT molecular complexity index is 1180. The molecule has 0 saturated carbocycles. The van der Waals surface area contributed by atoms with Crippen LogP contribution in [0.5, 0.6) is 0 Å². The number of likely N-dealkylation sites (N-methyl/N-ethyl adjacent to an activating group) is 1. The van der Waals surface area contributed by atoms with Crippen molar-refractivity contribution in [2.45, 2.75) is 19.9 Å². The number of halogens is 1. The maximum Gasteiger partial charge on any atom is 0.269 e. The lowest BCUT2D eigenvalue weighted by atomic mass is 10.0. The first-order valence-corrected chi connectivity index (χ1v) is 9.84. The Morgan fingerprint density at radius 1 is 1.00 bits per heavy atom. The molecule has 1 N–H and O–H groups in total. The Morgan fingerprint density at radius 2 is 1.62 bits per heavy atom. The number of carbonyl (C=O) groups excluding carboxylic acids is 2. The van der Waals surface area contributed by atoms with E-state index in [1.807, 2.05) is 32.0 Å². The Balaban J connectivity index is 2.06. The number of nitro groups is 1. The van der Waals surface area contributed by atoms with Crippen LogP contribution in [0.4, 0.5) is 15.8 Å². The molecule has 0 bridgehead atoms. The van der Waals surface area contributed by atoms with Gasteiger partial charge in [0.1, 0.15) is 11.9 Å². The van der Waals surface area contributed by atoms with Gasteiger partial charge in [-0.3, -0.25) is 19.7 Å². The second kappa shape index (κ2) is 9.38. The van der Waals surface area contributed by atoms with Crippen LogP contribution in [-0.4, -0.2) is 28.7 Å². The molecule has 3 rings (SSSR count). The van der Waals surface area contributed by atoms with Crippen LogP contribution < -0.4 is 5.32 Å². The van der Waals surface area contributed by atoms with Crippen LogP contribution in [0.15, 0.2) is 66.7 Å². The number of para-hydroxylation sites is 1. The first-order valence-electron chi connectivity index (χ1n) is 9.84. The van der Waals surface area contributed by atoms with Crippen LogP contribution in [0.25, 0.3) is 0 Å². The van der Waals surface area contributed by atoms with Gasteiger partial charge in [0.05, 0.1) is 10.5 Å². The van der Waals surface area contributed by atoms with E-state index in [9.17, 15) is 24.1 Å². The summed E-state index contributed by atoms with van der Waals surface area (Å²) in [6.45, 7) is 3.67. The van der Waals surface area contributed by atoms with E-state index in [1.165, 1.54) is 49.5 Å². The summed E-state index contributed by atoms with van der Waals surface area (Å²) in [5, 5.41) is 14.1. The molecule has 0 saturated heterocycles. The average Bonchev–Trinajstić information content (AvgIpc) is 2.76. The fraction of sp³-hybridized carbons (Fsp3) is 0.167. The molecule has 0 aliphatic carbocycles. The maximum atomic E-state index is 14.3. The van der Waals surface area contributed by atoms with Crippen molar-refractivity contribution in [1.29, 1.82) is 0 Å². The third-order valence-electron chi connectivity index (χ3n) is 5.19. The predicted octanol–water partition coefficient (Wildman–Crippen LogP) is 4.80. The molecule has 32 heavy (non-hydrogen) atoms. The normalized spacial score (nSPS) is 11.5. The summed E-state index contributed by atoms with van der Waals surface area (Å²) in [5.41, 5.74) is 2.03. The van der Waals surface area contributed by atoms with Crippen LogP contribution in [0.2, 0.25) is 0 Å². The molecule has 0 aromatic heterocycles. The lowest BCUT2D eigenvalue weighted by Crippen LogP contribution is -2.39. The van der Waals surface area contributed by atoms with Gasteiger partial charge in [-0.05, 0) is 42.7 Å². The topological polar surface area (TPSA) is 92.5 Å². The molecule has 0 radical (unpaired) electrons. The molecule has 8 heteroatoms. The number of rotatable bonds is 6. The Kier molecular flexibility index (Phi) is 6.63. The molecule has 0 aliphatic rings. The van der Waals surface area contributed by atoms with Crippen molar-refractivity contribution in [3.05, 3.63) is 105 Å². The van der Waals surface area contributed by atoms with E-state index in [2.05, 4.69) is 5.32 Å². The van der Waals surface area contributed by atoms with Crippen LogP contribution >= 0.6 is 0 Å². The molecule has 0 spiro atoms. The van der Waals surface area contributed by atoms with Crippen LogP contribution in [-0.2, 0) is 4.79 Å². The SMILES string of the molecule is Cc1cccc(C)c1NC(=O)[C@H](c1cccc([N+](=O)[O-])c1)N(C)C(=O)c1ccccc1F. The smallest absolute Gasteiger partial charge is 0.269 e. The first-order chi connectivity index (χ1) is 15.2. The molecular weight excluding hydrogens is 413 g/mol. The molecule has 0 fully saturated rings. The van der Waals surface area contributed by atoms with Gasteiger partial charge in [0.2, 0.25) is 0 Å². The number of carbonyl (C=O) groups is 2. The summed E-state index contributed by atoms with van der Waals surface area (Å²) in [5.74, 6) is -2.02. The molecule has 2 amide bonds. The zero-order valence-electron chi connectivity index (χ0n) is 17.8. The van der Waals surface area contributed by atoms with E-state index in [4.69, 9.17) is 0 Å². The Labute approximate surface area is 184 Å². The van der Waals surface area contributed by atoms with Crippen LogP contribution in [0.3, 0.4) is 0 Å². The van der Waals surface area contributed by atoms with Crippen molar-refractivity contribution < 1.29 is 18.9 Å². The summed E-state index contributed by atoms with van der Waals surface area (Å²) in [6, 6.07) is 15.2. The summed E-state index contributed by atoms with van der Waals surface area (Å²) >= 11 is 0. The van der Waals surface area contributed by atoms with Crippen molar-refractivity contribution in [2.75, 3.05) is 12.4 Å². The maximum absolute atomic E-state index is 14.3. The summed E-state index contributed by atoms with van der Waals surface area (Å²) < 4.78 is 14.3. The van der Waals surface area contributed by atoms with Gasteiger partial charge in [0, 0.05) is 24.9 Å². The van der Waals surface area contributed by atoms with Crippen LogP contribution in [0.1, 0.15) is 33.1 Å². The molecule has 3 aromatic rings. The summed E-state index contributed by atoms with van der Waals surface area (Å²) in [4.78, 5) is 38.2. The van der Waals surface area contributed by atoms with Crippen molar-refractivity contribution in [3.8, 4) is 0 Å². The quantitative estimate of drug-likeness (QED) is 0.445. The number of nitrogens with one attached hydrogen (secondary N) is 1. The minimum Gasteiger partial charge on any atom is -0.325 e. The number of nitrogens with zero attached hydrogens (tertiary/aromatic N) is 2. The lowest BCUT2D eigenvalue weighted by Gasteiger charge is -2.28. The molecule has 0 unspecified atom stereocenters. The third-order valence-corrected chi connectivity index (χ3v) is 5.19. The second-order valence-corrected chi connectivity index (χ2v) is 7.41. The molecule has 1 atom stereocenters. The number of hydrogen-bond donors (Lipinski definition) is 1. The molecular formula is C24H22FN3O4. The molecule has 0 heterocycles. The van der Waals surface area contributed by atoms with Gasteiger partial charge in [-0.15, -0.1) is 0 Å². The van der Waals surface area contributed by atoms with E-state index in [-0.39, 0.29) is 16.8 Å². The van der Waals surface area contributed by atoms with E-state index in [0.29, 0.717) is 5.69 Å². The van der Waals surface area contributed by atoms with Gasteiger partial charge in [-0.1, -0.05) is 42.5 Å². The number of non-ortho nitro benzene ring substituents is 1. The van der Waals surface area contributed by atoms with Gasteiger partial charge in [0.15, 0.2) is 0 Å². The second-order valence-electron chi connectivity index (χ2n) is 7.41. The number of nitro benzene ring substituents is 1. The highest BCUT2D eigenvalue weighted by molar-refractivity contribution is 6.02. The van der Waals surface area contributed by atoms with Crippen LogP contribution in [0, 0.1) is 29.8 Å². The summed E-state index contributed by atoms with van der Waals surface area (Å²) in [7, 11) is 1.36. The van der Waals surface area contributed by atoms with Crippen molar-refractivity contribution in [1.82, 2.24) is 4.90 Å². The Hall–Kier alpha value is -4.07. The highest BCUT2D eigenvalue weighted by atomic mass is 19.1. The monoisotopic (exact) mass is 435 g/mol. The molecule has 3 aromatic carbocycles. The molecule has 164 valence electrons. The number of benzene rings is 3. The van der Waals surface area contributed by atoms with Gasteiger partial charge in [0.25, 0.3) is 17.5 Å².